The molecule has 0 bridgehead atoms. The molecule has 1 aromatic heterocycles. The average molecular weight is 406 g/mol. The maximum Gasteiger partial charge on any atom is 0.205 e. The normalized spacial score (nSPS) is 11.2. The van der Waals surface area contributed by atoms with Gasteiger partial charge in [0.1, 0.15) is 11.6 Å². The summed E-state index contributed by atoms with van der Waals surface area (Å²) in [6, 6.07) is 6.83. The highest BCUT2D eigenvalue weighted by Gasteiger charge is 2.15. The van der Waals surface area contributed by atoms with Crippen LogP contribution in [-0.2, 0) is 0 Å². The Morgan fingerprint density at radius 1 is 1.20 bits per heavy atom. The number of halogens is 4. The summed E-state index contributed by atoms with van der Waals surface area (Å²) in [4.78, 5) is 4.17. The lowest BCUT2D eigenvalue weighted by Gasteiger charge is -2.09. The molecule has 0 amide bonds. The van der Waals surface area contributed by atoms with Gasteiger partial charge >= 0.3 is 0 Å². The molecule has 2 aromatic carbocycles. The molecule has 0 fully saturated rings. The van der Waals surface area contributed by atoms with Crippen LogP contribution in [0.3, 0.4) is 0 Å². The zero-order valence-corrected chi connectivity index (χ0v) is 12.8. The Kier molecular flexibility index (Phi) is 3.29. The molecule has 0 radical (unpaired) electrons. The van der Waals surface area contributed by atoms with Crippen molar-refractivity contribution in [3.05, 3.63) is 50.6 Å². The van der Waals surface area contributed by atoms with Crippen LogP contribution in [0.1, 0.15) is 0 Å². The van der Waals surface area contributed by atoms with Crippen LogP contribution in [0.4, 0.5) is 14.7 Å². The minimum Gasteiger partial charge on any atom is -0.369 e. The summed E-state index contributed by atoms with van der Waals surface area (Å²) in [7, 11) is 0. The van der Waals surface area contributed by atoms with Crippen molar-refractivity contribution < 1.29 is 8.78 Å². The van der Waals surface area contributed by atoms with E-state index >= 15 is 0 Å². The van der Waals surface area contributed by atoms with Crippen LogP contribution in [0, 0.1) is 15.2 Å². The number of hydrogen-bond acceptors (Lipinski definition) is 2. The number of rotatable bonds is 1. The van der Waals surface area contributed by atoms with E-state index in [1.54, 1.807) is 6.07 Å². The number of fused-ring (bicyclic) bond motifs is 1. The number of imidazole rings is 1. The monoisotopic (exact) mass is 405 g/mol. The van der Waals surface area contributed by atoms with Gasteiger partial charge in [-0.2, -0.15) is 0 Å². The van der Waals surface area contributed by atoms with E-state index in [1.165, 1.54) is 28.8 Å². The third kappa shape index (κ3) is 2.12. The molecule has 7 heteroatoms. The van der Waals surface area contributed by atoms with Crippen LogP contribution in [-0.4, -0.2) is 9.55 Å². The van der Waals surface area contributed by atoms with Crippen LogP contribution < -0.4 is 5.73 Å². The molecule has 3 rings (SSSR count). The molecule has 0 unspecified atom stereocenters. The molecule has 0 aliphatic heterocycles. The fourth-order valence-corrected chi connectivity index (χ4v) is 2.71. The van der Waals surface area contributed by atoms with Gasteiger partial charge in [0.2, 0.25) is 5.95 Å². The van der Waals surface area contributed by atoms with Crippen LogP contribution in [0.15, 0.2) is 30.3 Å². The maximum absolute atomic E-state index is 13.7. The van der Waals surface area contributed by atoms with Crippen LogP contribution in [0.2, 0.25) is 5.02 Å². The maximum atomic E-state index is 13.7. The Morgan fingerprint density at radius 3 is 2.65 bits per heavy atom. The molecule has 3 aromatic rings. The van der Waals surface area contributed by atoms with Crippen molar-refractivity contribution in [2.24, 2.45) is 0 Å². The van der Waals surface area contributed by atoms with E-state index in [2.05, 4.69) is 4.98 Å². The number of nitrogens with zero attached hydrogens (tertiary/aromatic N) is 2. The Labute approximate surface area is 131 Å². The van der Waals surface area contributed by atoms with E-state index < -0.39 is 5.82 Å². The molecule has 0 aliphatic carbocycles. The summed E-state index contributed by atoms with van der Waals surface area (Å²) in [5.41, 5.74) is 7.35. The zero-order chi connectivity index (χ0) is 14.4. The molecule has 3 nitrogen and oxygen atoms in total. The van der Waals surface area contributed by atoms with Crippen molar-refractivity contribution in [2.45, 2.75) is 0 Å². The number of anilines is 1. The van der Waals surface area contributed by atoms with Crippen LogP contribution >= 0.6 is 34.2 Å². The van der Waals surface area contributed by atoms with E-state index in [-0.39, 0.29) is 16.8 Å². The summed E-state index contributed by atoms with van der Waals surface area (Å²) < 4.78 is 28.8. The molecule has 0 aliphatic rings. The SMILES string of the molecule is Nc1nc2cc(I)c(F)cc2n1-c1ccc(F)cc1Cl. The molecule has 0 spiro atoms. The molecular formula is C13H7ClF2IN3. The summed E-state index contributed by atoms with van der Waals surface area (Å²) >= 11 is 7.90. The van der Waals surface area contributed by atoms with E-state index in [9.17, 15) is 8.78 Å². The third-order valence-electron chi connectivity index (χ3n) is 2.87. The molecule has 1 heterocycles. The highest BCUT2D eigenvalue weighted by Crippen LogP contribution is 2.30. The fraction of sp³-hybridized carbons (Fsp3) is 0. The van der Waals surface area contributed by atoms with Crippen molar-refractivity contribution in [2.75, 3.05) is 5.73 Å². The van der Waals surface area contributed by atoms with Crippen molar-refractivity contribution >= 4 is 51.2 Å². The molecule has 20 heavy (non-hydrogen) atoms. The van der Waals surface area contributed by atoms with Gasteiger partial charge in [-0.1, -0.05) is 11.6 Å². The third-order valence-corrected chi connectivity index (χ3v) is 4.00. The van der Waals surface area contributed by atoms with Gasteiger partial charge in [0.15, 0.2) is 0 Å². The predicted octanol–water partition coefficient (Wildman–Crippen LogP) is 4.14. The van der Waals surface area contributed by atoms with Gasteiger partial charge in [-0.25, -0.2) is 13.8 Å². The number of benzene rings is 2. The molecule has 0 saturated heterocycles. The van der Waals surface area contributed by atoms with E-state index in [1.807, 2.05) is 22.6 Å². The quantitative estimate of drug-likeness (QED) is 0.618. The molecular weight excluding hydrogens is 399 g/mol. The summed E-state index contributed by atoms with van der Waals surface area (Å²) in [5.74, 6) is -0.671. The van der Waals surface area contributed by atoms with Gasteiger partial charge in [-0.3, -0.25) is 4.57 Å². The number of hydrogen-bond donors (Lipinski definition) is 1. The van der Waals surface area contributed by atoms with Gasteiger partial charge in [-0.05, 0) is 46.9 Å². The minimum atomic E-state index is -0.456. The van der Waals surface area contributed by atoms with Crippen molar-refractivity contribution in [3.8, 4) is 5.69 Å². The fourth-order valence-electron chi connectivity index (χ4n) is 2.01. The molecule has 2 N–H and O–H groups in total. The molecule has 102 valence electrons. The number of aromatic nitrogens is 2. The van der Waals surface area contributed by atoms with Crippen LogP contribution in [0.25, 0.3) is 16.7 Å². The largest absolute Gasteiger partial charge is 0.369 e. The first-order chi connectivity index (χ1) is 9.47. The molecule has 0 atom stereocenters. The van der Waals surface area contributed by atoms with E-state index in [0.29, 0.717) is 20.3 Å². The van der Waals surface area contributed by atoms with Gasteiger partial charge in [0, 0.05) is 6.07 Å². The van der Waals surface area contributed by atoms with Gasteiger partial charge in [0.05, 0.1) is 25.3 Å². The smallest absolute Gasteiger partial charge is 0.205 e. The Bertz CT molecular complexity index is 832. The lowest BCUT2D eigenvalue weighted by Crippen LogP contribution is -2.01. The Morgan fingerprint density at radius 2 is 1.95 bits per heavy atom. The predicted molar refractivity (Wildman–Crippen MR) is 83.1 cm³/mol. The topological polar surface area (TPSA) is 43.8 Å². The number of nitrogens with two attached hydrogens (primary N) is 1. The second-order valence-corrected chi connectivity index (χ2v) is 5.73. The van der Waals surface area contributed by atoms with E-state index in [4.69, 9.17) is 17.3 Å². The Balaban J connectivity index is 2.35. The first-order valence-corrected chi connectivity index (χ1v) is 7.01. The number of nitrogen functional groups attached to an aromatic ring is 1. The van der Waals surface area contributed by atoms with E-state index in [0.717, 1.165) is 0 Å². The Hall–Kier alpha value is -1.41. The second kappa shape index (κ2) is 4.85. The van der Waals surface area contributed by atoms with Crippen molar-refractivity contribution in [1.29, 1.82) is 0 Å². The summed E-state index contributed by atoms with van der Waals surface area (Å²) in [6.07, 6.45) is 0. The van der Waals surface area contributed by atoms with Crippen LogP contribution in [0.5, 0.6) is 0 Å². The van der Waals surface area contributed by atoms with Gasteiger partial charge < -0.3 is 5.73 Å². The van der Waals surface area contributed by atoms with Crippen molar-refractivity contribution in [1.82, 2.24) is 9.55 Å². The lowest BCUT2D eigenvalue weighted by molar-refractivity contribution is 0.621. The summed E-state index contributed by atoms with van der Waals surface area (Å²) in [5, 5.41) is 0.176. The molecule has 0 saturated carbocycles. The van der Waals surface area contributed by atoms with Gasteiger partial charge in [0.25, 0.3) is 0 Å². The first kappa shape index (κ1) is 13.6. The standard InChI is InChI=1S/C13H7ClF2IN3/c14-7-3-6(15)1-2-11(7)20-12-4-8(16)9(17)5-10(12)19-13(20)18/h1-5H,(H2,18,19). The zero-order valence-electron chi connectivity index (χ0n) is 9.87. The highest BCUT2D eigenvalue weighted by atomic mass is 127. The van der Waals surface area contributed by atoms with Gasteiger partial charge in [-0.15, -0.1) is 0 Å². The summed E-state index contributed by atoms with van der Waals surface area (Å²) in [6.45, 7) is 0. The lowest BCUT2D eigenvalue weighted by atomic mass is 10.2. The minimum absolute atomic E-state index is 0.162. The highest BCUT2D eigenvalue weighted by molar-refractivity contribution is 14.1. The van der Waals surface area contributed by atoms with Crippen molar-refractivity contribution in [3.63, 3.8) is 0 Å². The first-order valence-electron chi connectivity index (χ1n) is 5.56. The second-order valence-electron chi connectivity index (χ2n) is 4.16. The average Bonchev–Trinajstić information content (AvgIpc) is 2.66.